The van der Waals surface area contributed by atoms with Crippen LogP contribution in [0, 0.1) is 17.1 Å². The molecule has 0 spiro atoms. The van der Waals surface area contributed by atoms with Gasteiger partial charge in [-0.2, -0.15) is 19.6 Å². The Morgan fingerprint density at radius 3 is 2.17 bits per heavy atom. The minimum atomic E-state index is -0.898. The van der Waals surface area contributed by atoms with Gasteiger partial charge < -0.3 is 9.47 Å². The van der Waals surface area contributed by atoms with Crippen LogP contribution in [-0.4, -0.2) is 9.97 Å². The molecule has 1 heterocycles. The summed E-state index contributed by atoms with van der Waals surface area (Å²) in [6.45, 7) is 0. The number of hydrogen-bond donors (Lipinski definition) is 0. The number of aromatic nitrogens is 2. The second-order valence-electron chi connectivity index (χ2n) is 4.54. The molecule has 0 unspecified atom stereocenters. The van der Waals surface area contributed by atoms with Crippen molar-refractivity contribution in [3.8, 4) is 29.3 Å². The van der Waals surface area contributed by atoms with Crippen molar-refractivity contribution < 1.29 is 13.9 Å². The van der Waals surface area contributed by atoms with E-state index in [4.69, 9.17) is 26.3 Å². The maximum Gasteiger partial charge on any atom is 0.263 e. The van der Waals surface area contributed by atoms with Crippen LogP contribution in [0.25, 0.3) is 0 Å². The summed E-state index contributed by atoms with van der Waals surface area (Å²) < 4.78 is 25.3. The number of benzene rings is 2. The van der Waals surface area contributed by atoms with E-state index in [0.717, 1.165) is 6.33 Å². The lowest BCUT2D eigenvalue weighted by Gasteiger charge is -2.10. The molecule has 118 valence electrons. The van der Waals surface area contributed by atoms with E-state index in [2.05, 4.69) is 9.97 Å². The van der Waals surface area contributed by atoms with Crippen molar-refractivity contribution in [2.75, 3.05) is 0 Å². The van der Waals surface area contributed by atoms with E-state index in [0.29, 0.717) is 5.02 Å². The fourth-order valence-corrected chi connectivity index (χ4v) is 2.04. The van der Waals surface area contributed by atoms with Gasteiger partial charge in [0.05, 0.1) is 10.6 Å². The second kappa shape index (κ2) is 6.94. The molecule has 3 aromatic rings. The van der Waals surface area contributed by atoms with Gasteiger partial charge in [0.15, 0.2) is 0 Å². The normalized spacial score (nSPS) is 10.0. The number of halogens is 2. The Kier molecular flexibility index (Phi) is 4.54. The first-order valence-corrected chi connectivity index (χ1v) is 7.16. The van der Waals surface area contributed by atoms with E-state index < -0.39 is 5.82 Å². The average Bonchev–Trinajstić information content (AvgIpc) is 2.61. The molecule has 7 heteroatoms. The lowest BCUT2D eigenvalue weighted by Crippen LogP contribution is -1.99. The van der Waals surface area contributed by atoms with Gasteiger partial charge in [0.25, 0.3) is 11.8 Å². The number of nitrogens with zero attached hydrogens (tertiary/aromatic N) is 3. The van der Waals surface area contributed by atoms with Crippen LogP contribution in [0.5, 0.6) is 23.3 Å². The van der Waals surface area contributed by atoms with Crippen molar-refractivity contribution in [1.29, 1.82) is 5.26 Å². The van der Waals surface area contributed by atoms with Gasteiger partial charge in [-0.05, 0) is 24.3 Å². The molecule has 0 aliphatic carbocycles. The van der Waals surface area contributed by atoms with Gasteiger partial charge in [-0.1, -0.05) is 35.9 Å². The molecule has 1 aromatic heterocycles. The summed E-state index contributed by atoms with van der Waals surface area (Å²) in [5, 5.41) is 9.36. The molecular weight excluding hydrogens is 333 g/mol. The van der Waals surface area contributed by atoms with Crippen molar-refractivity contribution in [3.63, 3.8) is 0 Å². The third-order valence-corrected chi connectivity index (χ3v) is 3.30. The quantitative estimate of drug-likeness (QED) is 0.686. The van der Waals surface area contributed by atoms with Crippen molar-refractivity contribution in [2.45, 2.75) is 0 Å². The second-order valence-corrected chi connectivity index (χ2v) is 4.95. The fraction of sp³-hybridized carbons (Fsp3) is 0. The van der Waals surface area contributed by atoms with Gasteiger partial charge in [-0.15, -0.1) is 0 Å². The van der Waals surface area contributed by atoms with Gasteiger partial charge >= 0.3 is 0 Å². The van der Waals surface area contributed by atoms with E-state index in [1.54, 1.807) is 42.5 Å². The van der Waals surface area contributed by atoms with E-state index in [-0.39, 0.29) is 28.8 Å². The smallest absolute Gasteiger partial charge is 0.263 e. The molecule has 0 radical (unpaired) electrons. The van der Waals surface area contributed by atoms with Gasteiger partial charge in [0.1, 0.15) is 23.9 Å². The molecule has 0 fully saturated rings. The highest BCUT2D eigenvalue weighted by Crippen LogP contribution is 2.33. The van der Waals surface area contributed by atoms with Crippen molar-refractivity contribution in [3.05, 3.63) is 71.3 Å². The molecule has 2 aromatic carbocycles. The zero-order valence-corrected chi connectivity index (χ0v) is 12.9. The molecule has 0 saturated carbocycles. The summed E-state index contributed by atoms with van der Waals surface area (Å²) in [6, 6.07) is 15.0. The van der Waals surface area contributed by atoms with Gasteiger partial charge in [0.2, 0.25) is 5.82 Å². The highest BCUT2D eigenvalue weighted by Gasteiger charge is 2.17. The SMILES string of the molecule is N#Cc1ccccc1Oc1ncnc(Oc2ccccc2Cl)c1F. The first-order valence-electron chi connectivity index (χ1n) is 6.79. The van der Waals surface area contributed by atoms with Crippen molar-refractivity contribution in [2.24, 2.45) is 0 Å². The molecule has 24 heavy (non-hydrogen) atoms. The Balaban J connectivity index is 1.92. The molecule has 0 saturated heterocycles. The molecule has 0 bridgehead atoms. The standard InChI is InChI=1S/C17H9ClFN3O2/c18-12-6-2-4-8-14(12)24-17-15(19)16(21-10-22-17)23-13-7-3-1-5-11(13)9-20/h1-8,10H. The summed E-state index contributed by atoms with van der Waals surface area (Å²) >= 11 is 5.98. The lowest BCUT2D eigenvalue weighted by molar-refractivity contribution is 0.375. The predicted molar refractivity (Wildman–Crippen MR) is 84.7 cm³/mol. The van der Waals surface area contributed by atoms with Crippen molar-refractivity contribution in [1.82, 2.24) is 9.97 Å². The zero-order valence-electron chi connectivity index (χ0n) is 12.1. The Morgan fingerprint density at radius 2 is 1.50 bits per heavy atom. The number of rotatable bonds is 4. The summed E-state index contributed by atoms with van der Waals surface area (Å²) in [6.07, 6.45) is 1.10. The molecule has 0 amide bonds. The number of ether oxygens (including phenoxy) is 2. The summed E-state index contributed by atoms with van der Waals surface area (Å²) in [7, 11) is 0. The predicted octanol–water partition coefficient (Wildman–Crippen LogP) is 4.73. The molecule has 0 aliphatic rings. The number of nitriles is 1. The Hall–Kier alpha value is -3.17. The Bertz CT molecular complexity index is 928. The van der Waals surface area contributed by atoms with Crippen LogP contribution < -0.4 is 9.47 Å². The van der Waals surface area contributed by atoms with Gasteiger partial charge in [0, 0.05) is 0 Å². The molecule has 0 N–H and O–H groups in total. The van der Waals surface area contributed by atoms with Crippen LogP contribution in [0.15, 0.2) is 54.9 Å². The van der Waals surface area contributed by atoms with Crippen LogP contribution in [0.1, 0.15) is 5.56 Å². The number of hydrogen-bond acceptors (Lipinski definition) is 5. The number of para-hydroxylation sites is 2. The van der Waals surface area contributed by atoms with E-state index in [9.17, 15) is 4.39 Å². The fourth-order valence-electron chi connectivity index (χ4n) is 1.86. The topological polar surface area (TPSA) is 68.0 Å². The van der Waals surface area contributed by atoms with Crippen LogP contribution in [-0.2, 0) is 0 Å². The monoisotopic (exact) mass is 341 g/mol. The van der Waals surface area contributed by atoms with E-state index in [1.165, 1.54) is 6.07 Å². The third kappa shape index (κ3) is 3.26. The maximum absolute atomic E-state index is 14.5. The molecule has 0 atom stereocenters. The average molecular weight is 342 g/mol. The Labute approximate surface area is 141 Å². The molecule has 3 rings (SSSR count). The van der Waals surface area contributed by atoms with Crippen molar-refractivity contribution >= 4 is 11.6 Å². The summed E-state index contributed by atoms with van der Waals surface area (Å²) in [4.78, 5) is 7.49. The first-order chi connectivity index (χ1) is 11.7. The van der Waals surface area contributed by atoms with Crippen LogP contribution >= 0.6 is 11.6 Å². The van der Waals surface area contributed by atoms with Crippen LogP contribution in [0.2, 0.25) is 5.02 Å². The van der Waals surface area contributed by atoms with Crippen LogP contribution in [0.3, 0.4) is 0 Å². The molecule has 5 nitrogen and oxygen atoms in total. The lowest BCUT2D eigenvalue weighted by atomic mass is 10.2. The zero-order chi connectivity index (χ0) is 16.9. The highest BCUT2D eigenvalue weighted by molar-refractivity contribution is 6.32. The molecular formula is C17H9ClFN3O2. The van der Waals surface area contributed by atoms with Crippen LogP contribution in [0.4, 0.5) is 4.39 Å². The third-order valence-electron chi connectivity index (χ3n) is 2.98. The van der Waals surface area contributed by atoms with E-state index in [1.807, 2.05) is 6.07 Å². The summed E-state index contributed by atoms with van der Waals surface area (Å²) in [5.74, 6) is -1.15. The van der Waals surface area contributed by atoms with Gasteiger partial charge in [-0.3, -0.25) is 0 Å². The molecule has 0 aliphatic heterocycles. The minimum absolute atomic E-state index is 0.182. The largest absolute Gasteiger partial charge is 0.435 e. The first kappa shape index (κ1) is 15.7. The Morgan fingerprint density at radius 1 is 0.917 bits per heavy atom. The van der Waals surface area contributed by atoms with Gasteiger partial charge in [-0.25, -0.2) is 0 Å². The minimum Gasteiger partial charge on any atom is -0.435 e. The maximum atomic E-state index is 14.5. The van der Waals surface area contributed by atoms with E-state index >= 15 is 0 Å². The summed E-state index contributed by atoms with van der Waals surface area (Å²) in [5.41, 5.74) is 0.254. The highest BCUT2D eigenvalue weighted by atomic mass is 35.5.